The van der Waals surface area contributed by atoms with Gasteiger partial charge in [-0.1, -0.05) is 11.3 Å². The molecule has 0 bridgehead atoms. The van der Waals surface area contributed by atoms with E-state index in [1.807, 2.05) is 50.4 Å². The fourth-order valence-corrected chi connectivity index (χ4v) is 4.96. The Morgan fingerprint density at radius 1 is 1.03 bits per heavy atom. The van der Waals surface area contributed by atoms with Gasteiger partial charge in [0.05, 0.1) is 19.0 Å². The Labute approximate surface area is 219 Å². The Bertz CT molecular complexity index is 1400. The maximum absolute atomic E-state index is 12.3. The second-order valence-electron chi connectivity index (χ2n) is 9.91. The molecule has 0 radical (unpaired) electrons. The van der Waals surface area contributed by atoms with Crippen LogP contribution < -0.4 is 9.47 Å². The summed E-state index contributed by atoms with van der Waals surface area (Å²) in [6, 6.07) is 5.81. The van der Waals surface area contributed by atoms with Crippen molar-refractivity contribution < 1.29 is 19.0 Å². The van der Waals surface area contributed by atoms with Crippen molar-refractivity contribution in [1.82, 2.24) is 29.5 Å². The number of methoxy groups -OCH3 is 1. The molecule has 37 heavy (non-hydrogen) atoms. The highest BCUT2D eigenvalue weighted by molar-refractivity contribution is 7.19. The molecule has 1 amide bonds. The summed E-state index contributed by atoms with van der Waals surface area (Å²) < 4.78 is 19.2. The van der Waals surface area contributed by atoms with Gasteiger partial charge in [0.15, 0.2) is 11.5 Å². The van der Waals surface area contributed by atoms with Crippen LogP contribution in [0, 0.1) is 6.92 Å². The monoisotopic (exact) mass is 522 g/mol. The maximum atomic E-state index is 12.3. The molecule has 1 aliphatic heterocycles. The van der Waals surface area contributed by atoms with Gasteiger partial charge < -0.3 is 19.1 Å². The molecule has 0 saturated carbocycles. The molecule has 5 rings (SSSR count). The number of hydrogen-bond donors (Lipinski definition) is 0. The lowest BCUT2D eigenvalue weighted by Gasteiger charge is -2.33. The molecule has 4 aromatic rings. The van der Waals surface area contributed by atoms with E-state index >= 15 is 0 Å². The van der Waals surface area contributed by atoms with Gasteiger partial charge in [-0.25, -0.2) is 24.3 Å². The Hall–Kier alpha value is -3.73. The lowest BCUT2D eigenvalue weighted by molar-refractivity contribution is 0.0124. The number of imidazole rings is 1. The van der Waals surface area contributed by atoms with Crippen LogP contribution in [0.2, 0.25) is 0 Å². The second-order valence-corrected chi connectivity index (χ2v) is 10.9. The molecule has 10 nitrogen and oxygen atoms in total. The topological polar surface area (TPSA) is 104 Å². The molecule has 1 saturated heterocycles. The van der Waals surface area contributed by atoms with Crippen molar-refractivity contribution in [3.63, 3.8) is 0 Å². The highest BCUT2D eigenvalue weighted by Crippen LogP contribution is 2.36. The van der Waals surface area contributed by atoms with E-state index in [-0.39, 0.29) is 12.2 Å². The standard InChI is InChI=1S/C26H30N6O4S/c1-16-27-13-18(14-28-16)20-15-29-24-32(20)30-23(37-24)17-6-7-21(22(12-17)34-5)35-19-8-10-31(11-9-19)25(33)36-26(2,3)4/h6-7,12-15,19H,8-11H2,1-5H3. The third-order valence-corrected chi connectivity index (χ3v) is 6.93. The van der Waals surface area contributed by atoms with Gasteiger partial charge in [0, 0.05) is 49.5 Å². The molecular weight excluding hydrogens is 492 g/mol. The van der Waals surface area contributed by atoms with Gasteiger partial charge in [0.1, 0.15) is 22.5 Å². The molecule has 194 valence electrons. The van der Waals surface area contributed by atoms with E-state index in [2.05, 4.69) is 15.0 Å². The number of piperidine rings is 1. The lowest BCUT2D eigenvalue weighted by atomic mass is 10.1. The number of aromatic nitrogens is 5. The van der Waals surface area contributed by atoms with Gasteiger partial charge in [-0.3, -0.25) is 0 Å². The van der Waals surface area contributed by atoms with E-state index < -0.39 is 5.60 Å². The molecule has 11 heteroatoms. The Balaban J connectivity index is 1.29. The largest absolute Gasteiger partial charge is 0.493 e. The minimum absolute atomic E-state index is 0.0131. The highest BCUT2D eigenvalue weighted by Gasteiger charge is 2.28. The maximum Gasteiger partial charge on any atom is 0.410 e. The fraction of sp³-hybridized carbons (Fsp3) is 0.423. The first-order valence-corrected chi connectivity index (χ1v) is 13.0. The minimum atomic E-state index is -0.503. The molecular formula is C26H30N6O4S. The summed E-state index contributed by atoms with van der Waals surface area (Å²) in [5, 5.41) is 5.60. The first-order valence-electron chi connectivity index (χ1n) is 12.2. The zero-order valence-corrected chi connectivity index (χ0v) is 22.4. The van der Waals surface area contributed by atoms with Crippen LogP contribution in [0.15, 0.2) is 36.8 Å². The third kappa shape index (κ3) is 5.51. The van der Waals surface area contributed by atoms with Crippen LogP contribution in [0.4, 0.5) is 4.79 Å². The summed E-state index contributed by atoms with van der Waals surface area (Å²) in [4.78, 5) is 27.9. The number of hydrogen-bond acceptors (Lipinski definition) is 9. The zero-order valence-electron chi connectivity index (χ0n) is 21.6. The van der Waals surface area contributed by atoms with E-state index in [0.29, 0.717) is 30.4 Å². The predicted molar refractivity (Wildman–Crippen MR) is 140 cm³/mol. The molecule has 4 heterocycles. The first kappa shape index (κ1) is 24.9. The SMILES string of the molecule is COc1cc(-c2nn3c(-c4cnc(C)nc4)cnc3s2)ccc1OC1CCN(C(=O)OC(C)(C)C)CC1. The molecule has 3 aromatic heterocycles. The highest BCUT2D eigenvalue weighted by atomic mass is 32.1. The number of amides is 1. The molecule has 0 spiro atoms. The molecule has 1 fully saturated rings. The van der Waals surface area contributed by atoms with Crippen molar-refractivity contribution in [2.75, 3.05) is 20.2 Å². The summed E-state index contributed by atoms with van der Waals surface area (Å²) in [5.74, 6) is 2.01. The zero-order chi connectivity index (χ0) is 26.2. The summed E-state index contributed by atoms with van der Waals surface area (Å²) in [6.07, 6.45) is 6.48. The predicted octanol–water partition coefficient (Wildman–Crippen LogP) is 5.01. The van der Waals surface area contributed by atoms with Crippen molar-refractivity contribution >= 4 is 22.4 Å². The molecule has 0 aliphatic carbocycles. The minimum Gasteiger partial charge on any atom is -0.493 e. The van der Waals surface area contributed by atoms with Crippen LogP contribution in [0.5, 0.6) is 11.5 Å². The number of likely N-dealkylation sites (tertiary alicyclic amines) is 1. The summed E-state index contributed by atoms with van der Waals surface area (Å²) in [6.45, 7) is 8.65. The smallest absolute Gasteiger partial charge is 0.410 e. The number of rotatable bonds is 5. The second kappa shape index (κ2) is 9.97. The van der Waals surface area contributed by atoms with Crippen molar-refractivity contribution in [2.24, 2.45) is 0 Å². The number of carbonyl (C=O) groups excluding carboxylic acids is 1. The van der Waals surface area contributed by atoms with Crippen molar-refractivity contribution in [1.29, 1.82) is 0 Å². The molecule has 1 aliphatic rings. The van der Waals surface area contributed by atoms with Crippen molar-refractivity contribution in [3.8, 4) is 33.3 Å². The average molecular weight is 523 g/mol. The van der Waals surface area contributed by atoms with Gasteiger partial charge in [-0.2, -0.15) is 5.10 Å². The van der Waals surface area contributed by atoms with Gasteiger partial charge >= 0.3 is 6.09 Å². The van der Waals surface area contributed by atoms with Gasteiger partial charge in [0.25, 0.3) is 0 Å². The van der Waals surface area contributed by atoms with Crippen LogP contribution in [0.1, 0.15) is 39.4 Å². The molecule has 1 aromatic carbocycles. The van der Waals surface area contributed by atoms with Crippen molar-refractivity contribution in [3.05, 3.63) is 42.6 Å². The van der Waals surface area contributed by atoms with Gasteiger partial charge in [-0.05, 0) is 45.9 Å². The Morgan fingerprint density at radius 3 is 2.43 bits per heavy atom. The van der Waals surface area contributed by atoms with Crippen LogP contribution in [-0.4, -0.2) is 67.5 Å². The van der Waals surface area contributed by atoms with E-state index in [9.17, 15) is 4.79 Å². The Kier molecular flexibility index (Phi) is 6.72. The van der Waals surface area contributed by atoms with E-state index in [1.165, 1.54) is 11.3 Å². The number of ether oxygens (including phenoxy) is 3. The molecule has 0 atom stereocenters. The van der Waals surface area contributed by atoms with E-state index in [0.717, 1.165) is 39.6 Å². The quantitative estimate of drug-likeness (QED) is 0.360. The van der Waals surface area contributed by atoms with E-state index in [1.54, 1.807) is 30.6 Å². The first-order chi connectivity index (χ1) is 17.7. The fourth-order valence-electron chi connectivity index (χ4n) is 4.09. The number of carbonyl (C=O) groups is 1. The molecule has 0 N–H and O–H groups in total. The number of benzene rings is 1. The van der Waals surface area contributed by atoms with Crippen LogP contribution >= 0.6 is 11.3 Å². The lowest BCUT2D eigenvalue weighted by Crippen LogP contribution is -2.44. The van der Waals surface area contributed by atoms with E-state index in [4.69, 9.17) is 19.3 Å². The number of nitrogens with zero attached hydrogens (tertiary/aromatic N) is 6. The summed E-state index contributed by atoms with van der Waals surface area (Å²) >= 11 is 1.49. The number of aryl methyl sites for hydroxylation is 1. The van der Waals surface area contributed by atoms with Crippen LogP contribution in [0.25, 0.3) is 26.8 Å². The van der Waals surface area contributed by atoms with Crippen molar-refractivity contribution in [2.45, 2.75) is 52.2 Å². The van der Waals surface area contributed by atoms with Gasteiger partial charge in [0.2, 0.25) is 4.96 Å². The third-order valence-electron chi connectivity index (χ3n) is 5.96. The summed E-state index contributed by atoms with van der Waals surface area (Å²) in [5.41, 5.74) is 2.10. The number of fused-ring (bicyclic) bond motifs is 1. The summed E-state index contributed by atoms with van der Waals surface area (Å²) in [7, 11) is 1.63. The van der Waals surface area contributed by atoms with Gasteiger partial charge in [-0.15, -0.1) is 0 Å². The van der Waals surface area contributed by atoms with Crippen LogP contribution in [0.3, 0.4) is 0 Å². The normalized spacial score (nSPS) is 14.7. The molecule has 0 unspecified atom stereocenters. The Morgan fingerprint density at radius 2 is 1.76 bits per heavy atom. The van der Waals surface area contributed by atoms with Crippen LogP contribution in [-0.2, 0) is 4.74 Å². The average Bonchev–Trinajstić information content (AvgIpc) is 3.45.